The first-order chi connectivity index (χ1) is 12.8. The molecule has 0 radical (unpaired) electrons. The first-order valence-corrected chi connectivity index (χ1v) is 8.17. The van der Waals surface area contributed by atoms with Crippen LogP contribution in [0.5, 0.6) is 0 Å². The third-order valence-electron chi connectivity index (χ3n) is 4.02. The lowest BCUT2D eigenvalue weighted by molar-refractivity contribution is 0.670. The minimum absolute atomic E-state index is 0.0566. The van der Waals surface area contributed by atoms with E-state index in [1.807, 2.05) is 54.6 Å². The van der Waals surface area contributed by atoms with Gasteiger partial charge in [-0.15, -0.1) is 5.10 Å². The third kappa shape index (κ3) is 3.52. The van der Waals surface area contributed by atoms with E-state index >= 15 is 0 Å². The molecule has 4 aromatic rings. The molecule has 1 N–H and O–H groups in total. The van der Waals surface area contributed by atoms with Crippen LogP contribution in [0.25, 0.3) is 10.9 Å². The minimum atomic E-state index is -0.0566. The lowest BCUT2D eigenvalue weighted by atomic mass is 10.0. The van der Waals surface area contributed by atoms with Crippen LogP contribution < -0.4 is 5.56 Å². The molecule has 0 saturated carbocycles. The van der Waals surface area contributed by atoms with Crippen LogP contribution in [0.4, 0.5) is 0 Å². The number of hydrogen-bond acceptors (Lipinski definition) is 4. The van der Waals surface area contributed by atoms with E-state index in [-0.39, 0.29) is 5.56 Å². The van der Waals surface area contributed by atoms with Gasteiger partial charge in [0.2, 0.25) is 0 Å². The number of H-pyrrole nitrogens is 1. The zero-order valence-corrected chi connectivity index (χ0v) is 13.9. The van der Waals surface area contributed by atoms with Crippen molar-refractivity contribution in [2.45, 2.75) is 13.0 Å². The second kappa shape index (κ2) is 7.03. The van der Waals surface area contributed by atoms with Crippen LogP contribution in [0.2, 0.25) is 0 Å². The van der Waals surface area contributed by atoms with E-state index in [0.29, 0.717) is 13.0 Å². The van der Waals surface area contributed by atoms with Gasteiger partial charge in [0.1, 0.15) is 12.9 Å². The SMILES string of the molecule is O=c1[nH]c2ccc(C#CCn3cnnn3)cc2cc1Cc1ccccc1. The quantitative estimate of drug-likeness (QED) is 0.579. The molecular weight excluding hydrogens is 326 g/mol. The summed E-state index contributed by atoms with van der Waals surface area (Å²) in [5.41, 5.74) is 3.47. The maximum atomic E-state index is 12.3. The van der Waals surface area contributed by atoms with E-state index in [0.717, 1.165) is 27.6 Å². The van der Waals surface area contributed by atoms with Gasteiger partial charge in [0.15, 0.2) is 0 Å². The van der Waals surface area contributed by atoms with Crippen molar-refractivity contribution < 1.29 is 0 Å². The van der Waals surface area contributed by atoms with Gasteiger partial charge < -0.3 is 4.98 Å². The average Bonchev–Trinajstić information content (AvgIpc) is 3.17. The summed E-state index contributed by atoms with van der Waals surface area (Å²) in [6.45, 7) is 0.427. The zero-order chi connectivity index (χ0) is 17.8. The Kier molecular flexibility index (Phi) is 4.27. The Balaban J connectivity index is 1.63. The molecule has 0 atom stereocenters. The molecule has 0 fully saturated rings. The Bertz CT molecular complexity index is 1150. The molecule has 126 valence electrons. The lowest BCUT2D eigenvalue weighted by Crippen LogP contribution is -2.12. The van der Waals surface area contributed by atoms with Gasteiger partial charge >= 0.3 is 0 Å². The Morgan fingerprint density at radius 2 is 1.96 bits per heavy atom. The number of hydrogen-bond donors (Lipinski definition) is 1. The number of fused-ring (bicyclic) bond motifs is 1. The summed E-state index contributed by atoms with van der Waals surface area (Å²) < 4.78 is 1.56. The van der Waals surface area contributed by atoms with Gasteiger partial charge in [-0.05, 0) is 45.6 Å². The largest absolute Gasteiger partial charge is 0.322 e. The molecule has 0 spiro atoms. The number of pyridine rings is 1. The van der Waals surface area contributed by atoms with Gasteiger partial charge in [-0.2, -0.15) is 0 Å². The predicted molar refractivity (Wildman–Crippen MR) is 98.5 cm³/mol. The highest BCUT2D eigenvalue weighted by Gasteiger charge is 2.04. The molecule has 0 bridgehead atoms. The van der Waals surface area contributed by atoms with E-state index in [1.54, 1.807) is 4.68 Å². The van der Waals surface area contributed by atoms with Crippen molar-refractivity contribution >= 4 is 10.9 Å². The topological polar surface area (TPSA) is 76.5 Å². The molecule has 6 heteroatoms. The molecule has 2 aromatic carbocycles. The fourth-order valence-electron chi connectivity index (χ4n) is 2.75. The van der Waals surface area contributed by atoms with Crippen molar-refractivity contribution in [1.82, 2.24) is 25.2 Å². The second-order valence-corrected chi connectivity index (χ2v) is 5.90. The molecule has 26 heavy (non-hydrogen) atoms. The monoisotopic (exact) mass is 341 g/mol. The van der Waals surface area contributed by atoms with Crippen molar-refractivity contribution in [1.29, 1.82) is 0 Å². The van der Waals surface area contributed by atoms with Crippen molar-refractivity contribution in [3.05, 3.63) is 88.0 Å². The van der Waals surface area contributed by atoms with Crippen LogP contribution in [0.3, 0.4) is 0 Å². The first kappa shape index (κ1) is 15.8. The van der Waals surface area contributed by atoms with E-state index in [4.69, 9.17) is 0 Å². The molecular formula is C20H15N5O. The van der Waals surface area contributed by atoms with E-state index in [1.165, 1.54) is 6.33 Å². The number of nitrogens with one attached hydrogen (secondary N) is 1. The van der Waals surface area contributed by atoms with Crippen LogP contribution >= 0.6 is 0 Å². The highest BCUT2D eigenvalue weighted by molar-refractivity contribution is 5.80. The number of tetrazole rings is 1. The molecule has 0 saturated heterocycles. The van der Waals surface area contributed by atoms with Crippen LogP contribution in [0.15, 0.2) is 65.7 Å². The number of aromatic amines is 1. The molecule has 2 heterocycles. The first-order valence-electron chi connectivity index (χ1n) is 8.17. The molecule has 0 aliphatic rings. The normalized spacial score (nSPS) is 10.5. The van der Waals surface area contributed by atoms with Gasteiger partial charge in [-0.25, -0.2) is 4.68 Å². The zero-order valence-electron chi connectivity index (χ0n) is 13.9. The molecule has 2 aromatic heterocycles. The van der Waals surface area contributed by atoms with E-state index in [9.17, 15) is 4.79 Å². The summed E-state index contributed by atoms with van der Waals surface area (Å²) in [5.74, 6) is 6.13. The second-order valence-electron chi connectivity index (χ2n) is 5.90. The van der Waals surface area contributed by atoms with Crippen molar-refractivity contribution in [3.63, 3.8) is 0 Å². The smallest absolute Gasteiger partial charge is 0.251 e. The number of nitrogens with zero attached hydrogens (tertiary/aromatic N) is 4. The van der Waals surface area contributed by atoms with E-state index < -0.39 is 0 Å². The summed E-state index contributed by atoms with van der Waals surface area (Å²) >= 11 is 0. The molecule has 0 aliphatic heterocycles. The summed E-state index contributed by atoms with van der Waals surface area (Å²) in [7, 11) is 0. The molecule has 4 rings (SSSR count). The third-order valence-corrected chi connectivity index (χ3v) is 4.02. The highest BCUT2D eigenvalue weighted by atomic mass is 16.1. The standard InChI is InChI=1S/C20H15N5O/c26-20-18(12-15-5-2-1-3-6-15)13-17-11-16(8-9-19(17)22-20)7-4-10-25-14-21-23-24-25/h1-3,5-6,8-9,11,13-14H,10,12H2,(H,22,26). The van der Waals surface area contributed by atoms with Gasteiger partial charge in [0, 0.05) is 23.1 Å². The number of rotatable bonds is 3. The summed E-state index contributed by atoms with van der Waals surface area (Å²) in [4.78, 5) is 15.3. The van der Waals surface area contributed by atoms with Crippen LogP contribution in [0.1, 0.15) is 16.7 Å². The Morgan fingerprint density at radius 1 is 1.08 bits per heavy atom. The van der Waals surface area contributed by atoms with E-state index in [2.05, 4.69) is 32.4 Å². The number of aromatic nitrogens is 5. The number of benzene rings is 2. The molecule has 0 unspecified atom stereocenters. The van der Waals surface area contributed by atoms with Crippen LogP contribution in [-0.2, 0) is 13.0 Å². The molecule has 6 nitrogen and oxygen atoms in total. The Hall–Kier alpha value is -3.72. The fourth-order valence-corrected chi connectivity index (χ4v) is 2.75. The summed E-state index contributed by atoms with van der Waals surface area (Å²) in [5, 5.41) is 11.9. The maximum absolute atomic E-state index is 12.3. The van der Waals surface area contributed by atoms with Gasteiger partial charge in [0.05, 0.1) is 0 Å². The van der Waals surface area contributed by atoms with Crippen LogP contribution in [-0.4, -0.2) is 25.2 Å². The Labute approximate surface area is 149 Å². The van der Waals surface area contributed by atoms with Crippen molar-refractivity contribution in [2.24, 2.45) is 0 Å². The summed E-state index contributed by atoms with van der Waals surface area (Å²) in [6.07, 6.45) is 2.12. The maximum Gasteiger partial charge on any atom is 0.251 e. The lowest BCUT2D eigenvalue weighted by Gasteiger charge is -2.04. The Morgan fingerprint density at radius 3 is 2.77 bits per heavy atom. The minimum Gasteiger partial charge on any atom is -0.322 e. The fraction of sp³-hybridized carbons (Fsp3) is 0.100. The van der Waals surface area contributed by atoms with Crippen molar-refractivity contribution in [3.8, 4) is 11.8 Å². The van der Waals surface area contributed by atoms with Crippen molar-refractivity contribution in [2.75, 3.05) is 0 Å². The predicted octanol–water partition coefficient (Wildman–Crippen LogP) is 2.16. The van der Waals surface area contributed by atoms with Gasteiger partial charge in [-0.1, -0.05) is 42.2 Å². The van der Waals surface area contributed by atoms with Gasteiger partial charge in [-0.3, -0.25) is 4.79 Å². The molecule has 0 amide bonds. The summed E-state index contributed by atoms with van der Waals surface area (Å²) in [6, 6.07) is 17.6. The molecule has 0 aliphatic carbocycles. The average molecular weight is 341 g/mol. The van der Waals surface area contributed by atoms with Crippen LogP contribution in [0, 0.1) is 11.8 Å². The highest BCUT2D eigenvalue weighted by Crippen LogP contribution is 2.15. The van der Waals surface area contributed by atoms with Gasteiger partial charge in [0.25, 0.3) is 5.56 Å².